The Morgan fingerprint density at radius 3 is 2.38 bits per heavy atom. The fourth-order valence-electron chi connectivity index (χ4n) is 6.65. The highest BCUT2D eigenvalue weighted by Crippen LogP contribution is 2.52. The number of nitrogens with zero attached hydrogens (tertiary/aromatic N) is 4. The monoisotopic (exact) mass is 731 g/mol. The number of halogens is 2. The molecular weight excluding hydrogens is 693 g/mol. The molecule has 3 fully saturated rings. The van der Waals surface area contributed by atoms with Crippen molar-refractivity contribution in [2.24, 2.45) is 5.92 Å². The molecule has 0 radical (unpaired) electrons. The first-order chi connectivity index (χ1) is 23.2. The number of anilines is 1. The summed E-state index contributed by atoms with van der Waals surface area (Å²) in [6, 6.07) is 7.04. The van der Waals surface area contributed by atoms with Gasteiger partial charge in [0.25, 0.3) is 5.91 Å². The van der Waals surface area contributed by atoms with Crippen molar-refractivity contribution in [2.75, 3.05) is 23.7 Å². The lowest BCUT2D eigenvalue weighted by atomic mass is 9.58. The molecule has 16 heteroatoms. The summed E-state index contributed by atoms with van der Waals surface area (Å²) in [5.41, 5.74) is -1.98. The molecule has 7 rings (SSSR count). The number of aromatic nitrogens is 2. The summed E-state index contributed by atoms with van der Waals surface area (Å²) in [4.78, 5) is 46.6. The van der Waals surface area contributed by atoms with E-state index in [2.05, 4.69) is 15.5 Å². The van der Waals surface area contributed by atoms with Crippen molar-refractivity contribution < 1.29 is 41.2 Å². The zero-order chi connectivity index (χ0) is 36.4. The number of sulfone groups is 1. The summed E-state index contributed by atoms with van der Waals surface area (Å²) in [6.45, 7) is 10.9. The van der Waals surface area contributed by atoms with E-state index in [1.54, 1.807) is 70.7 Å². The van der Waals surface area contributed by atoms with Crippen LogP contribution in [0.15, 0.2) is 45.8 Å². The van der Waals surface area contributed by atoms with Crippen LogP contribution in [0.5, 0.6) is 0 Å². The normalized spacial score (nSPS) is 23.0. The lowest BCUT2D eigenvalue weighted by molar-refractivity contribution is -0.120. The Morgan fingerprint density at radius 1 is 1.08 bits per heavy atom. The van der Waals surface area contributed by atoms with E-state index >= 15 is 4.39 Å². The van der Waals surface area contributed by atoms with Crippen LogP contribution >= 0.6 is 11.6 Å². The first-order valence-electron chi connectivity index (χ1n) is 16.2. The van der Waals surface area contributed by atoms with Crippen LogP contribution in [0, 0.1) is 11.7 Å². The molecule has 1 aliphatic carbocycles. The third-order valence-corrected chi connectivity index (χ3v) is 10.7. The number of nitrogens with one attached hydrogen (secondary N) is 1. The second-order valence-corrected chi connectivity index (χ2v) is 17.6. The van der Waals surface area contributed by atoms with Gasteiger partial charge in [-0.15, -0.1) is 0 Å². The van der Waals surface area contributed by atoms with E-state index in [9.17, 15) is 22.8 Å². The van der Waals surface area contributed by atoms with Crippen LogP contribution < -0.4 is 10.2 Å². The topological polar surface area (TPSA) is 161 Å². The molecule has 4 heterocycles. The van der Waals surface area contributed by atoms with E-state index in [1.165, 1.54) is 11.0 Å². The second kappa shape index (κ2) is 12.5. The number of carbonyl (C=O) groups is 3. The maximum Gasteiger partial charge on any atom is 0.410 e. The first-order valence-corrected chi connectivity index (χ1v) is 18.2. The predicted molar refractivity (Wildman–Crippen MR) is 180 cm³/mol. The minimum absolute atomic E-state index is 0.128. The second-order valence-electron chi connectivity index (χ2n) is 15.2. The lowest BCUT2D eigenvalue weighted by Gasteiger charge is -2.53. The van der Waals surface area contributed by atoms with Crippen LogP contribution in [-0.4, -0.2) is 77.6 Å². The van der Waals surface area contributed by atoms with Crippen LogP contribution in [0.4, 0.5) is 19.7 Å². The highest BCUT2D eigenvalue weighted by atomic mass is 35.5. The highest BCUT2D eigenvalue weighted by molar-refractivity contribution is 7.91. The van der Waals surface area contributed by atoms with Crippen LogP contribution in [0.25, 0.3) is 11.4 Å². The number of piperidine rings is 2. The molecule has 2 saturated heterocycles. The minimum Gasteiger partial charge on any atom is -0.444 e. The molecule has 3 aliphatic heterocycles. The molecule has 0 spiro atoms. The summed E-state index contributed by atoms with van der Waals surface area (Å²) < 4.78 is 60.0. The number of ether oxygens (including phenoxy) is 2. The van der Waals surface area contributed by atoms with Gasteiger partial charge in [-0.3, -0.25) is 4.79 Å². The summed E-state index contributed by atoms with van der Waals surface area (Å²) in [7, 11) is -4.35. The van der Waals surface area contributed by atoms with E-state index in [0.29, 0.717) is 30.0 Å². The Hall–Kier alpha value is -4.24. The molecule has 268 valence electrons. The van der Waals surface area contributed by atoms with Crippen LogP contribution in [0.1, 0.15) is 65.8 Å². The number of alkyl carbamates (subject to hydrolysis) is 1. The number of fused-ring (bicyclic) bond motifs is 3. The van der Waals surface area contributed by atoms with Gasteiger partial charge in [-0.25, -0.2) is 22.4 Å². The highest BCUT2D eigenvalue weighted by Gasteiger charge is 2.56. The van der Waals surface area contributed by atoms with Gasteiger partial charge in [0.05, 0.1) is 33.9 Å². The zero-order valence-electron chi connectivity index (χ0n) is 28.6. The smallest absolute Gasteiger partial charge is 0.410 e. The van der Waals surface area contributed by atoms with E-state index in [-0.39, 0.29) is 42.0 Å². The Labute approximate surface area is 294 Å². The molecule has 1 saturated carbocycles. The molecule has 1 atom stereocenters. The Balaban J connectivity index is 1.36. The third kappa shape index (κ3) is 7.29. The molecule has 0 unspecified atom stereocenters. The van der Waals surface area contributed by atoms with Crippen LogP contribution in [-0.2, 0) is 36.1 Å². The quantitative estimate of drug-likeness (QED) is 0.348. The van der Waals surface area contributed by atoms with Gasteiger partial charge in [0.15, 0.2) is 9.84 Å². The Kier molecular flexibility index (Phi) is 8.91. The molecule has 50 heavy (non-hydrogen) atoms. The molecule has 1 N–H and O–H groups in total. The average molecular weight is 732 g/mol. The number of rotatable bonds is 5. The van der Waals surface area contributed by atoms with Gasteiger partial charge in [0.1, 0.15) is 23.1 Å². The largest absolute Gasteiger partial charge is 0.444 e. The zero-order valence-corrected chi connectivity index (χ0v) is 30.2. The van der Waals surface area contributed by atoms with Crippen LogP contribution in [0.3, 0.4) is 0 Å². The first kappa shape index (κ1) is 35.6. The van der Waals surface area contributed by atoms with E-state index < -0.39 is 67.1 Å². The summed E-state index contributed by atoms with van der Waals surface area (Å²) >= 11 is 6.08. The number of carbonyl (C=O) groups excluding carboxylic acids is 3. The number of hydrogen-bond donors (Lipinski definition) is 1. The van der Waals surface area contributed by atoms with E-state index in [4.69, 9.17) is 25.6 Å². The maximum absolute atomic E-state index is 15.9. The molecule has 3 amide bonds. The summed E-state index contributed by atoms with van der Waals surface area (Å²) in [5.74, 6) is -2.29. The number of amides is 3. The molecule has 2 aromatic carbocycles. The number of hydrogen-bond acceptors (Lipinski definition) is 10. The van der Waals surface area contributed by atoms with E-state index in [1.807, 2.05) is 0 Å². The lowest BCUT2D eigenvalue weighted by Crippen LogP contribution is -2.61. The third-order valence-electron chi connectivity index (χ3n) is 8.67. The molecule has 3 aromatic rings. The fraction of sp³-hybridized carbons (Fsp3) is 0.500. The van der Waals surface area contributed by atoms with Gasteiger partial charge in [0, 0.05) is 18.1 Å². The van der Waals surface area contributed by atoms with Gasteiger partial charge < -0.3 is 29.1 Å². The SMILES string of the molecule is CC(C)(C)OC(=O)N[C@H]1CS(=O)(=O)c2cc(F)c(-c3noc(C45CC(CN(C(=O)OC(C)(C)C)C4)C5)n3)cc2N(Cc2ccc(Cl)cc2)C1=O. The van der Waals surface area contributed by atoms with Crippen molar-refractivity contribution >= 4 is 45.2 Å². The summed E-state index contributed by atoms with van der Waals surface area (Å²) in [6.07, 6.45) is -0.0585. The van der Waals surface area contributed by atoms with Gasteiger partial charge in [-0.1, -0.05) is 28.9 Å². The van der Waals surface area contributed by atoms with E-state index in [0.717, 1.165) is 6.07 Å². The maximum atomic E-state index is 15.9. The molecule has 4 aliphatic rings. The van der Waals surface area contributed by atoms with Crippen molar-refractivity contribution in [1.29, 1.82) is 0 Å². The van der Waals surface area contributed by atoms with Crippen molar-refractivity contribution in [3.8, 4) is 11.4 Å². The van der Waals surface area contributed by atoms with Gasteiger partial charge in [-0.2, -0.15) is 4.98 Å². The molecular formula is C34H39ClFN5O8S. The predicted octanol–water partition coefficient (Wildman–Crippen LogP) is 5.64. The fourth-order valence-corrected chi connectivity index (χ4v) is 8.39. The van der Waals surface area contributed by atoms with Gasteiger partial charge >= 0.3 is 12.2 Å². The summed E-state index contributed by atoms with van der Waals surface area (Å²) in [5, 5.41) is 6.89. The van der Waals surface area contributed by atoms with Crippen molar-refractivity contribution in [1.82, 2.24) is 20.4 Å². The molecule has 2 bridgehead atoms. The van der Waals surface area contributed by atoms with Crippen molar-refractivity contribution in [2.45, 2.75) is 88.5 Å². The van der Waals surface area contributed by atoms with Gasteiger partial charge in [-0.05, 0) is 90.1 Å². The Bertz CT molecular complexity index is 1950. The Morgan fingerprint density at radius 2 is 1.74 bits per heavy atom. The average Bonchev–Trinajstić information content (AvgIpc) is 3.46. The molecule has 1 aromatic heterocycles. The minimum atomic E-state index is -4.35. The van der Waals surface area contributed by atoms with Crippen LogP contribution in [0.2, 0.25) is 5.02 Å². The standard InChI is InChI=1S/C34H39ClFN5O8S/c1-32(2,3)47-30(43)37-24-17-50(45,46)26-12-23(36)22(11-25(26)41(28(24)42)16-19-7-9-21(35)10-8-19)27-38-29(49-39-27)34-13-20(14-34)15-40(18-34)31(44)48-33(4,5)6/h7-12,20,24H,13-18H2,1-6H3,(H,37,43)/t20?,24-,34?/m0/s1. The number of benzene rings is 2. The molecule has 13 nitrogen and oxygen atoms in total. The van der Waals surface area contributed by atoms with Crippen molar-refractivity contribution in [3.05, 3.63) is 58.7 Å². The van der Waals surface area contributed by atoms with Crippen molar-refractivity contribution in [3.63, 3.8) is 0 Å². The van der Waals surface area contributed by atoms with Gasteiger partial charge in [0.2, 0.25) is 11.7 Å².